The van der Waals surface area contributed by atoms with E-state index in [1.54, 1.807) is 24.3 Å². The maximum absolute atomic E-state index is 12.4. The fourth-order valence-electron chi connectivity index (χ4n) is 3.02. The third-order valence-electron chi connectivity index (χ3n) is 4.27. The van der Waals surface area contributed by atoms with Crippen molar-refractivity contribution >= 4 is 22.5 Å². The van der Waals surface area contributed by atoms with Crippen LogP contribution in [0.5, 0.6) is 5.75 Å². The van der Waals surface area contributed by atoms with Crippen LogP contribution in [-0.2, 0) is 6.42 Å². The molecule has 138 valence electrons. The number of allylic oxidation sites excluding steroid dienone is 2. The van der Waals surface area contributed by atoms with Crippen molar-refractivity contribution in [3.05, 3.63) is 71.3 Å². The summed E-state index contributed by atoms with van der Waals surface area (Å²) in [5.41, 5.74) is 2.75. The fourth-order valence-corrected chi connectivity index (χ4v) is 3.02. The largest absolute Gasteiger partial charge is 0.508 e. The number of hydrogen-bond acceptors (Lipinski definition) is 5. The van der Waals surface area contributed by atoms with E-state index in [0.29, 0.717) is 18.5 Å². The number of phenols is 1. The van der Waals surface area contributed by atoms with Gasteiger partial charge in [-0.25, -0.2) is 0 Å². The molecule has 2 heterocycles. The maximum Gasteiger partial charge on any atom is 0.228 e. The summed E-state index contributed by atoms with van der Waals surface area (Å²) in [6, 6.07) is 8.39. The van der Waals surface area contributed by atoms with Crippen molar-refractivity contribution in [1.82, 2.24) is 15.3 Å². The van der Waals surface area contributed by atoms with E-state index < -0.39 is 0 Å². The molecule has 0 radical (unpaired) electrons. The average molecular weight is 363 g/mol. The first-order valence-corrected chi connectivity index (χ1v) is 8.92. The molecule has 1 aliphatic rings. The minimum absolute atomic E-state index is 0.189. The number of fused-ring (bicyclic) bond motifs is 2. The lowest BCUT2D eigenvalue weighted by atomic mass is 9.97. The predicted octanol–water partition coefficient (Wildman–Crippen LogP) is 3.39. The highest BCUT2D eigenvalue weighted by molar-refractivity contribution is 6.23. The standard InChI is InChI=1S/C19H15N3O3.C2H6/c23-12-3-4-15-14(8-12)11(10-22-15)5-7-20-16-9-17(24)13-2-1-6-21-18(13)19(16)25;1-2/h1-4,6,8-10,20,22-23H,5,7H2;1-2H3. The van der Waals surface area contributed by atoms with Crippen LogP contribution in [0.1, 0.15) is 40.3 Å². The monoisotopic (exact) mass is 363 g/mol. The molecule has 0 saturated heterocycles. The minimum atomic E-state index is -0.272. The molecule has 0 bridgehead atoms. The van der Waals surface area contributed by atoms with E-state index in [0.717, 1.165) is 16.5 Å². The zero-order chi connectivity index (χ0) is 19.4. The lowest BCUT2D eigenvalue weighted by Gasteiger charge is -2.15. The Kier molecular flexibility index (Phi) is 5.35. The van der Waals surface area contributed by atoms with Gasteiger partial charge in [0.1, 0.15) is 11.4 Å². The molecule has 6 nitrogen and oxygen atoms in total. The van der Waals surface area contributed by atoms with Crippen LogP contribution in [0, 0.1) is 0 Å². The summed E-state index contributed by atoms with van der Waals surface area (Å²) >= 11 is 0. The van der Waals surface area contributed by atoms with Crippen molar-refractivity contribution in [2.45, 2.75) is 20.3 Å². The Hall–Kier alpha value is -3.41. The van der Waals surface area contributed by atoms with Crippen molar-refractivity contribution in [1.29, 1.82) is 0 Å². The normalized spacial score (nSPS) is 12.9. The van der Waals surface area contributed by atoms with Crippen LogP contribution in [0.2, 0.25) is 0 Å². The van der Waals surface area contributed by atoms with Gasteiger partial charge in [-0.3, -0.25) is 14.6 Å². The summed E-state index contributed by atoms with van der Waals surface area (Å²) < 4.78 is 0. The number of benzene rings is 1. The quantitative estimate of drug-likeness (QED) is 0.660. The van der Waals surface area contributed by atoms with Gasteiger partial charge in [0, 0.05) is 35.9 Å². The van der Waals surface area contributed by atoms with Crippen LogP contribution in [0.15, 0.2) is 54.5 Å². The molecule has 3 N–H and O–H groups in total. The van der Waals surface area contributed by atoms with Gasteiger partial charge in [0.25, 0.3) is 0 Å². The molecule has 2 aromatic heterocycles. The Morgan fingerprint density at radius 1 is 1.19 bits per heavy atom. The molecule has 4 rings (SSSR count). The zero-order valence-corrected chi connectivity index (χ0v) is 15.2. The number of phenolic OH excluding ortho intramolecular Hbond substituents is 1. The van der Waals surface area contributed by atoms with Gasteiger partial charge in [-0.05, 0) is 42.3 Å². The first-order valence-electron chi connectivity index (χ1n) is 8.92. The third kappa shape index (κ3) is 3.60. The summed E-state index contributed by atoms with van der Waals surface area (Å²) in [6.07, 6.45) is 5.35. The maximum atomic E-state index is 12.4. The number of hydrogen-bond donors (Lipinski definition) is 3. The smallest absolute Gasteiger partial charge is 0.228 e. The molecule has 0 atom stereocenters. The Labute approximate surface area is 156 Å². The van der Waals surface area contributed by atoms with Crippen LogP contribution in [0.25, 0.3) is 10.9 Å². The summed E-state index contributed by atoms with van der Waals surface area (Å²) in [7, 11) is 0. The number of aromatic amines is 1. The molecular weight excluding hydrogens is 342 g/mol. The van der Waals surface area contributed by atoms with Gasteiger partial charge in [-0.15, -0.1) is 0 Å². The number of aromatic hydroxyl groups is 1. The number of aromatic nitrogens is 2. The number of pyridine rings is 1. The van der Waals surface area contributed by atoms with Crippen molar-refractivity contribution in [2.75, 3.05) is 6.54 Å². The van der Waals surface area contributed by atoms with Gasteiger partial charge < -0.3 is 15.4 Å². The topological polar surface area (TPSA) is 95.1 Å². The number of Topliss-reactive ketones (excluding diaryl/α,β-unsaturated/α-hetero) is 1. The van der Waals surface area contributed by atoms with Gasteiger partial charge >= 0.3 is 0 Å². The fraction of sp³-hybridized carbons (Fsp3) is 0.190. The SMILES string of the molecule is CC.O=C1C=C(NCCc2c[nH]c3ccc(O)cc23)C(=O)c2ncccc21. The van der Waals surface area contributed by atoms with E-state index in [1.165, 1.54) is 12.3 Å². The Morgan fingerprint density at radius 2 is 2.00 bits per heavy atom. The molecular formula is C21H21N3O3. The number of rotatable bonds is 4. The number of H-pyrrole nitrogens is 1. The van der Waals surface area contributed by atoms with Crippen LogP contribution >= 0.6 is 0 Å². The molecule has 0 unspecified atom stereocenters. The highest BCUT2D eigenvalue weighted by Gasteiger charge is 2.26. The van der Waals surface area contributed by atoms with Crippen molar-refractivity contribution in [2.24, 2.45) is 0 Å². The van der Waals surface area contributed by atoms with Gasteiger partial charge in [0.15, 0.2) is 5.78 Å². The molecule has 0 amide bonds. The molecule has 6 heteroatoms. The van der Waals surface area contributed by atoms with Crippen LogP contribution < -0.4 is 5.32 Å². The summed E-state index contributed by atoms with van der Waals surface area (Å²) in [6.45, 7) is 4.48. The number of nitrogens with one attached hydrogen (secondary N) is 2. The lowest BCUT2D eigenvalue weighted by molar-refractivity contribution is 0.0974. The van der Waals surface area contributed by atoms with Gasteiger partial charge in [-0.2, -0.15) is 0 Å². The van der Waals surface area contributed by atoms with Crippen LogP contribution in [-0.4, -0.2) is 33.2 Å². The van der Waals surface area contributed by atoms with Gasteiger partial charge in [-0.1, -0.05) is 13.8 Å². The van der Waals surface area contributed by atoms with Crippen molar-refractivity contribution in [3.8, 4) is 5.75 Å². The second-order valence-electron chi connectivity index (χ2n) is 5.87. The zero-order valence-electron chi connectivity index (χ0n) is 15.2. The number of carbonyl (C=O) groups is 2. The molecule has 1 aliphatic carbocycles. The molecule has 0 fully saturated rings. The second-order valence-corrected chi connectivity index (χ2v) is 5.87. The minimum Gasteiger partial charge on any atom is -0.508 e. The number of nitrogens with zero attached hydrogens (tertiary/aromatic N) is 1. The van der Waals surface area contributed by atoms with E-state index in [1.807, 2.05) is 26.1 Å². The number of carbonyl (C=O) groups excluding carboxylic acids is 2. The lowest BCUT2D eigenvalue weighted by Crippen LogP contribution is -2.28. The van der Waals surface area contributed by atoms with Crippen molar-refractivity contribution in [3.63, 3.8) is 0 Å². The third-order valence-corrected chi connectivity index (χ3v) is 4.27. The van der Waals surface area contributed by atoms with E-state index in [-0.39, 0.29) is 28.7 Å². The first-order chi connectivity index (χ1) is 13.1. The molecule has 3 aromatic rings. The summed E-state index contributed by atoms with van der Waals surface area (Å²) in [5.74, 6) is -0.284. The summed E-state index contributed by atoms with van der Waals surface area (Å²) in [4.78, 5) is 31.7. The molecule has 27 heavy (non-hydrogen) atoms. The van der Waals surface area contributed by atoms with Gasteiger partial charge in [0.05, 0.1) is 11.3 Å². The second kappa shape index (κ2) is 7.86. The Bertz CT molecular complexity index is 1030. The van der Waals surface area contributed by atoms with E-state index in [2.05, 4.69) is 15.3 Å². The molecule has 1 aromatic carbocycles. The molecule has 0 aliphatic heterocycles. The summed E-state index contributed by atoms with van der Waals surface area (Å²) in [5, 5.41) is 13.6. The highest BCUT2D eigenvalue weighted by atomic mass is 16.3. The first kappa shape index (κ1) is 18.4. The highest BCUT2D eigenvalue weighted by Crippen LogP contribution is 2.23. The number of ketones is 2. The average Bonchev–Trinajstić information content (AvgIpc) is 3.09. The molecule has 0 spiro atoms. The van der Waals surface area contributed by atoms with E-state index in [4.69, 9.17) is 0 Å². The predicted molar refractivity (Wildman–Crippen MR) is 104 cm³/mol. The van der Waals surface area contributed by atoms with Gasteiger partial charge in [0.2, 0.25) is 5.78 Å². The Morgan fingerprint density at radius 3 is 2.81 bits per heavy atom. The molecule has 0 saturated carbocycles. The van der Waals surface area contributed by atoms with E-state index >= 15 is 0 Å². The van der Waals surface area contributed by atoms with Crippen LogP contribution in [0.3, 0.4) is 0 Å². The van der Waals surface area contributed by atoms with Crippen LogP contribution in [0.4, 0.5) is 0 Å². The Balaban J connectivity index is 0.00000102. The van der Waals surface area contributed by atoms with Crippen molar-refractivity contribution < 1.29 is 14.7 Å². The van der Waals surface area contributed by atoms with E-state index in [9.17, 15) is 14.7 Å².